The van der Waals surface area contributed by atoms with Crippen LogP contribution in [0.2, 0.25) is 0 Å². The van der Waals surface area contributed by atoms with Crippen LogP contribution in [-0.2, 0) is 0 Å². The fraction of sp³-hybridized carbons (Fsp3) is 0. The van der Waals surface area contributed by atoms with Gasteiger partial charge in [-0.25, -0.2) is 0 Å². The summed E-state index contributed by atoms with van der Waals surface area (Å²) in [6, 6.07) is 7.87. The molecule has 0 radical (unpaired) electrons. The molecule has 1 N–H and O–H groups in total. The highest BCUT2D eigenvalue weighted by Crippen LogP contribution is 2.20. The van der Waals surface area contributed by atoms with Gasteiger partial charge in [-0.15, -0.1) is 5.73 Å². The van der Waals surface area contributed by atoms with E-state index in [4.69, 9.17) is 0 Å². The van der Waals surface area contributed by atoms with Gasteiger partial charge in [-0.1, -0.05) is 18.7 Å². The smallest absolute Gasteiger partial charge is 0.0528 e. The van der Waals surface area contributed by atoms with Crippen LogP contribution >= 0.6 is 15.9 Å². The number of anilines is 1. The van der Waals surface area contributed by atoms with Crippen molar-refractivity contribution in [3.63, 3.8) is 0 Å². The molecule has 1 aromatic rings. The lowest BCUT2D eigenvalue weighted by atomic mass is 10.3. The summed E-state index contributed by atoms with van der Waals surface area (Å²) in [5.74, 6) is 0. The topological polar surface area (TPSA) is 12.0 Å². The monoisotopic (exact) mass is 209 g/mol. The number of nitrogens with one attached hydrogen (secondary N) is 1. The summed E-state index contributed by atoms with van der Waals surface area (Å²) in [7, 11) is 0. The minimum Gasteiger partial charge on any atom is -0.354 e. The van der Waals surface area contributed by atoms with Gasteiger partial charge >= 0.3 is 0 Å². The molecular weight excluding hydrogens is 202 g/mol. The second-order valence-electron chi connectivity index (χ2n) is 1.97. The molecule has 1 nitrogen and oxygen atoms in total. The summed E-state index contributed by atoms with van der Waals surface area (Å²) < 4.78 is 1.03. The molecule has 2 heteroatoms. The van der Waals surface area contributed by atoms with E-state index in [0.29, 0.717) is 0 Å². The van der Waals surface area contributed by atoms with Gasteiger partial charge in [0.2, 0.25) is 0 Å². The Bertz CT molecular complexity index is 287. The van der Waals surface area contributed by atoms with E-state index in [1.54, 1.807) is 6.20 Å². The predicted molar refractivity (Wildman–Crippen MR) is 51.5 cm³/mol. The minimum atomic E-state index is 1.02. The molecule has 0 aliphatic rings. The third-order valence-corrected chi connectivity index (χ3v) is 1.90. The molecule has 0 unspecified atom stereocenters. The number of rotatable bonds is 2. The molecule has 0 atom stereocenters. The molecule has 0 amide bonds. The third kappa shape index (κ3) is 2.26. The Balaban J connectivity index is 2.85. The molecule has 0 fully saturated rings. The maximum atomic E-state index is 3.45. The molecule has 0 aromatic heterocycles. The summed E-state index contributed by atoms with van der Waals surface area (Å²) in [4.78, 5) is 0. The van der Waals surface area contributed by atoms with Crippen molar-refractivity contribution >= 4 is 21.6 Å². The average molecular weight is 210 g/mol. The second-order valence-corrected chi connectivity index (χ2v) is 2.83. The third-order valence-electron chi connectivity index (χ3n) is 1.20. The number of halogens is 1. The molecular formula is C9H8BrN. The molecule has 0 bridgehead atoms. The summed E-state index contributed by atoms with van der Waals surface area (Å²) in [6.45, 7) is 3.45. The highest BCUT2D eigenvalue weighted by Gasteiger charge is 1.92. The van der Waals surface area contributed by atoms with Crippen LogP contribution in [0.15, 0.2) is 47.2 Å². The van der Waals surface area contributed by atoms with Crippen LogP contribution < -0.4 is 5.32 Å². The van der Waals surface area contributed by atoms with Crippen LogP contribution in [0.5, 0.6) is 0 Å². The lowest BCUT2D eigenvalue weighted by Crippen LogP contribution is -1.85. The van der Waals surface area contributed by atoms with Gasteiger partial charge in [-0.05, 0) is 28.1 Å². The lowest BCUT2D eigenvalue weighted by molar-refractivity contribution is 1.55. The van der Waals surface area contributed by atoms with Gasteiger partial charge in [-0.2, -0.15) is 0 Å². The van der Waals surface area contributed by atoms with Crippen molar-refractivity contribution in [1.29, 1.82) is 0 Å². The molecule has 0 saturated carbocycles. The van der Waals surface area contributed by atoms with E-state index in [-0.39, 0.29) is 0 Å². The van der Waals surface area contributed by atoms with Crippen molar-refractivity contribution in [3.05, 3.63) is 47.2 Å². The van der Waals surface area contributed by atoms with Crippen molar-refractivity contribution < 1.29 is 0 Å². The summed E-state index contributed by atoms with van der Waals surface area (Å²) in [5, 5.41) is 3.02. The van der Waals surface area contributed by atoms with Crippen molar-refractivity contribution in [3.8, 4) is 0 Å². The number of para-hydroxylation sites is 1. The van der Waals surface area contributed by atoms with E-state index >= 15 is 0 Å². The Morgan fingerprint density at radius 2 is 2.18 bits per heavy atom. The number of hydrogen-bond acceptors (Lipinski definition) is 1. The van der Waals surface area contributed by atoms with Crippen LogP contribution in [0.4, 0.5) is 5.69 Å². The van der Waals surface area contributed by atoms with Crippen LogP contribution in [0, 0.1) is 0 Å². The van der Waals surface area contributed by atoms with Gasteiger partial charge in [0, 0.05) is 10.7 Å². The molecule has 0 heterocycles. The first-order valence-corrected chi connectivity index (χ1v) is 3.99. The average Bonchev–Trinajstić information content (AvgIpc) is 2.03. The van der Waals surface area contributed by atoms with Gasteiger partial charge in [0.15, 0.2) is 0 Å². The Hall–Kier alpha value is -0.980. The van der Waals surface area contributed by atoms with Crippen molar-refractivity contribution in [2.45, 2.75) is 0 Å². The molecule has 1 rings (SSSR count). The molecule has 0 spiro atoms. The highest BCUT2D eigenvalue weighted by atomic mass is 79.9. The van der Waals surface area contributed by atoms with E-state index in [9.17, 15) is 0 Å². The molecule has 0 aliphatic carbocycles. The van der Waals surface area contributed by atoms with Crippen molar-refractivity contribution in [1.82, 2.24) is 0 Å². The molecule has 1 aromatic carbocycles. The first kappa shape index (κ1) is 8.12. The molecule has 56 valence electrons. The molecule has 11 heavy (non-hydrogen) atoms. The van der Waals surface area contributed by atoms with E-state index in [1.807, 2.05) is 24.3 Å². The zero-order valence-corrected chi connectivity index (χ0v) is 7.56. The summed E-state index contributed by atoms with van der Waals surface area (Å²) in [5.41, 5.74) is 3.65. The lowest BCUT2D eigenvalue weighted by Gasteiger charge is -2.00. The fourth-order valence-corrected chi connectivity index (χ4v) is 1.11. The van der Waals surface area contributed by atoms with E-state index in [0.717, 1.165) is 10.2 Å². The van der Waals surface area contributed by atoms with Crippen LogP contribution in [0.1, 0.15) is 0 Å². The van der Waals surface area contributed by atoms with E-state index < -0.39 is 0 Å². The Labute approximate surface area is 74.6 Å². The molecule has 0 saturated heterocycles. The standard InChI is InChI=1S/C9H8BrN/c1-2-7-11-9-6-4-3-5-8(9)10/h3-7,11H,1H2. The number of benzene rings is 1. The Morgan fingerprint density at radius 1 is 1.45 bits per heavy atom. The fourth-order valence-electron chi connectivity index (χ4n) is 0.707. The SMILES string of the molecule is C=C=CNc1ccccc1Br. The summed E-state index contributed by atoms with van der Waals surface area (Å²) >= 11 is 3.40. The van der Waals surface area contributed by atoms with Crippen molar-refractivity contribution in [2.75, 3.05) is 5.32 Å². The van der Waals surface area contributed by atoms with Crippen LogP contribution in [0.25, 0.3) is 0 Å². The largest absolute Gasteiger partial charge is 0.354 e. The maximum Gasteiger partial charge on any atom is 0.0528 e. The maximum absolute atomic E-state index is 3.45. The van der Waals surface area contributed by atoms with E-state index in [1.165, 1.54) is 0 Å². The van der Waals surface area contributed by atoms with Crippen molar-refractivity contribution in [2.24, 2.45) is 0 Å². The minimum absolute atomic E-state index is 1.02. The van der Waals surface area contributed by atoms with E-state index in [2.05, 4.69) is 33.6 Å². The van der Waals surface area contributed by atoms with Gasteiger partial charge in [0.05, 0.1) is 5.69 Å². The summed E-state index contributed by atoms with van der Waals surface area (Å²) in [6.07, 6.45) is 1.67. The van der Waals surface area contributed by atoms with Gasteiger partial charge < -0.3 is 5.32 Å². The zero-order valence-electron chi connectivity index (χ0n) is 5.97. The predicted octanol–water partition coefficient (Wildman–Crippen LogP) is 3.16. The Morgan fingerprint density at radius 3 is 2.82 bits per heavy atom. The highest BCUT2D eigenvalue weighted by molar-refractivity contribution is 9.10. The first-order valence-electron chi connectivity index (χ1n) is 3.20. The second kappa shape index (κ2) is 4.02. The molecule has 0 aliphatic heterocycles. The van der Waals surface area contributed by atoms with Gasteiger partial charge in [0.1, 0.15) is 0 Å². The number of hydrogen-bond donors (Lipinski definition) is 1. The quantitative estimate of drug-likeness (QED) is 0.739. The van der Waals surface area contributed by atoms with Gasteiger partial charge in [0.25, 0.3) is 0 Å². The van der Waals surface area contributed by atoms with Crippen LogP contribution in [0.3, 0.4) is 0 Å². The van der Waals surface area contributed by atoms with Gasteiger partial charge in [-0.3, -0.25) is 0 Å². The zero-order chi connectivity index (χ0) is 8.10. The normalized spacial score (nSPS) is 8.45. The van der Waals surface area contributed by atoms with Crippen LogP contribution in [-0.4, -0.2) is 0 Å². The first-order chi connectivity index (χ1) is 5.34. The Kier molecular flexibility index (Phi) is 2.96.